The summed E-state index contributed by atoms with van der Waals surface area (Å²) >= 11 is 0. The van der Waals surface area contributed by atoms with E-state index >= 15 is 0 Å². The molecular formula is C15H22FN. The Morgan fingerprint density at radius 2 is 1.94 bits per heavy atom. The van der Waals surface area contributed by atoms with Crippen LogP contribution in [0.25, 0.3) is 0 Å². The smallest absolute Gasteiger partial charge is 0.123 e. The van der Waals surface area contributed by atoms with E-state index in [2.05, 4.69) is 19.2 Å². The van der Waals surface area contributed by atoms with Gasteiger partial charge < -0.3 is 5.32 Å². The molecule has 17 heavy (non-hydrogen) atoms. The second-order valence-corrected chi connectivity index (χ2v) is 5.16. The SMILES string of the molecule is CCCNC1CCC(c2ccc(F)cc2)C1C. The van der Waals surface area contributed by atoms with Gasteiger partial charge in [0.15, 0.2) is 0 Å². The van der Waals surface area contributed by atoms with Crippen molar-refractivity contribution in [1.82, 2.24) is 5.32 Å². The van der Waals surface area contributed by atoms with Crippen molar-refractivity contribution >= 4 is 0 Å². The fraction of sp³-hybridized carbons (Fsp3) is 0.600. The lowest BCUT2D eigenvalue weighted by Crippen LogP contribution is -2.32. The molecule has 3 unspecified atom stereocenters. The Kier molecular flexibility index (Phi) is 4.16. The monoisotopic (exact) mass is 235 g/mol. The van der Waals surface area contributed by atoms with Crippen molar-refractivity contribution < 1.29 is 4.39 Å². The van der Waals surface area contributed by atoms with Crippen LogP contribution in [0.2, 0.25) is 0 Å². The molecule has 0 radical (unpaired) electrons. The first-order valence-corrected chi connectivity index (χ1v) is 6.71. The van der Waals surface area contributed by atoms with Crippen LogP contribution < -0.4 is 5.32 Å². The summed E-state index contributed by atoms with van der Waals surface area (Å²) < 4.78 is 12.9. The lowest BCUT2D eigenvalue weighted by molar-refractivity contribution is 0.404. The summed E-state index contributed by atoms with van der Waals surface area (Å²) in [5.41, 5.74) is 1.29. The molecule has 0 bridgehead atoms. The van der Waals surface area contributed by atoms with Crippen molar-refractivity contribution in [3.8, 4) is 0 Å². The van der Waals surface area contributed by atoms with Crippen molar-refractivity contribution in [3.05, 3.63) is 35.6 Å². The molecule has 0 spiro atoms. The van der Waals surface area contributed by atoms with Crippen molar-refractivity contribution in [2.75, 3.05) is 6.54 Å². The summed E-state index contributed by atoms with van der Waals surface area (Å²) in [6, 6.07) is 7.67. The average molecular weight is 235 g/mol. The van der Waals surface area contributed by atoms with Gasteiger partial charge in [0, 0.05) is 6.04 Å². The van der Waals surface area contributed by atoms with E-state index in [4.69, 9.17) is 0 Å². The van der Waals surface area contributed by atoms with Crippen LogP contribution in [0.1, 0.15) is 44.6 Å². The Balaban J connectivity index is 2.01. The highest BCUT2D eigenvalue weighted by Gasteiger charge is 2.32. The fourth-order valence-corrected chi connectivity index (χ4v) is 2.96. The minimum Gasteiger partial charge on any atom is -0.314 e. The third-order valence-electron chi connectivity index (χ3n) is 4.01. The Labute approximate surface area is 103 Å². The van der Waals surface area contributed by atoms with Gasteiger partial charge in [-0.2, -0.15) is 0 Å². The summed E-state index contributed by atoms with van der Waals surface area (Å²) in [7, 11) is 0. The molecule has 0 amide bonds. The van der Waals surface area contributed by atoms with Crippen LogP contribution in [0.4, 0.5) is 4.39 Å². The Bertz CT molecular complexity index is 346. The molecule has 1 aromatic rings. The zero-order valence-corrected chi connectivity index (χ0v) is 10.7. The maximum absolute atomic E-state index is 12.9. The lowest BCUT2D eigenvalue weighted by atomic mass is 9.89. The minimum absolute atomic E-state index is 0.139. The van der Waals surface area contributed by atoms with Crippen LogP contribution in [-0.4, -0.2) is 12.6 Å². The van der Waals surface area contributed by atoms with Gasteiger partial charge in [0.1, 0.15) is 5.82 Å². The van der Waals surface area contributed by atoms with E-state index in [0.717, 1.165) is 6.54 Å². The molecule has 3 atom stereocenters. The molecule has 0 heterocycles. The topological polar surface area (TPSA) is 12.0 Å². The Hall–Kier alpha value is -0.890. The molecule has 1 fully saturated rings. The highest BCUT2D eigenvalue weighted by atomic mass is 19.1. The van der Waals surface area contributed by atoms with Gasteiger partial charge in [-0.1, -0.05) is 26.0 Å². The second kappa shape index (κ2) is 5.63. The van der Waals surface area contributed by atoms with E-state index in [0.29, 0.717) is 17.9 Å². The predicted molar refractivity (Wildman–Crippen MR) is 69.6 cm³/mol. The number of hydrogen-bond acceptors (Lipinski definition) is 1. The van der Waals surface area contributed by atoms with E-state index in [-0.39, 0.29) is 5.82 Å². The molecular weight excluding hydrogens is 213 g/mol. The highest BCUT2D eigenvalue weighted by molar-refractivity contribution is 5.23. The van der Waals surface area contributed by atoms with Crippen LogP contribution in [0.3, 0.4) is 0 Å². The molecule has 1 saturated carbocycles. The van der Waals surface area contributed by atoms with Gasteiger partial charge >= 0.3 is 0 Å². The standard InChI is InChI=1S/C15H22FN/c1-3-10-17-15-9-8-14(11(15)2)12-4-6-13(16)7-5-12/h4-7,11,14-15,17H,3,8-10H2,1-2H3. The van der Waals surface area contributed by atoms with E-state index < -0.39 is 0 Å². The normalized spacial score (nSPS) is 28.5. The molecule has 1 N–H and O–H groups in total. The molecule has 0 aromatic heterocycles. The molecule has 2 heteroatoms. The second-order valence-electron chi connectivity index (χ2n) is 5.16. The number of halogens is 1. The first kappa shape index (κ1) is 12.6. The van der Waals surface area contributed by atoms with Crippen molar-refractivity contribution in [2.45, 2.75) is 45.1 Å². The van der Waals surface area contributed by atoms with Crippen LogP contribution >= 0.6 is 0 Å². The zero-order valence-electron chi connectivity index (χ0n) is 10.7. The summed E-state index contributed by atoms with van der Waals surface area (Å²) in [6.45, 7) is 5.61. The van der Waals surface area contributed by atoms with Crippen molar-refractivity contribution in [1.29, 1.82) is 0 Å². The van der Waals surface area contributed by atoms with Crippen LogP contribution in [0.15, 0.2) is 24.3 Å². The molecule has 1 nitrogen and oxygen atoms in total. The van der Waals surface area contributed by atoms with Gasteiger partial charge in [-0.25, -0.2) is 4.39 Å². The van der Waals surface area contributed by atoms with E-state index in [1.807, 2.05) is 12.1 Å². The molecule has 1 aromatic carbocycles. The highest BCUT2D eigenvalue weighted by Crippen LogP contribution is 2.39. The van der Waals surface area contributed by atoms with Gasteiger partial charge in [0.2, 0.25) is 0 Å². The fourth-order valence-electron chi connectivity index (χ4n) is 2.96. The number of nitrogens with one attached hydrogen (secondary N) is 1. The molecule has 0 saturated heterocycles. The molecule has 1 aliphatic rings. The van der Waals surface area contributed by atoms with Gasteiger partial charge in [0.05, 0.1) is 0 Å². The van der Waals surface area contributed by atoms with Crippen LogP contribution in [0.5, 0.6) is 0 Å². The minimum atomic E-state index is -0.139. The van der Waals surface area contributed by atoms with Gasteiger partial charge in [-0.3, -0.25) is 0 Å². The van der Waals surface area contributed by atoms with Crippen LogP contribution in [0, 0.1) is 11.7 Å². The maximum atomic E-state index is 12.9. The van der Waals surface area contributed by atoms with Crippen molar-refractivity contribution in [2.24, 2.45) is 5.92 Å². The molecule has 0 aliphatic heterocycles. The molecule has 2 rings (SSSR count). The Morgan fingerprint density at radius 1 is 1.24 bits per heavy atom. The summed E-state index contributed by atoms with van der Waals surface area (Å²) in [5.74, 6) is 1.09. The van der Waals surface area contributed by atoms with Gasteiger partial charge in [0.25, 0.3) is 0 Å². The lowest BCUT2D eigenvalue weighted by Gasteiger charge is -2.22. The summed E-state index contributed by atoms with van der Waals surface area (Å²) in [4.78, 5) is 0. The molecule has 94 valence electrons. The van der Waals surface area contributed by atoms with E-state index in [1.165, 1.54) is 24.8 Å². The summed E-state index contributed by atoms with van der Waals surface area (Å²) in [6.07, 6.45) is 3.64. The van der Waals surface area contributed by atoms with Gasteiger partial charge in [-0.15, -0.1) is 0 Å². The van der Waals surface area contributed by atoms with E-state index in [9.17, 15) is 4.39 Å². The number of hydrogen-bond donors (Lipinski definition) is 1. The average Bonchev–Trinajstić information content (AvgIpc) is 2.69. The first-order valence-electron chi connectivity index (χ1n) is 6.71. The first-order chi connectivity index (χ1) is 8.22. The summed E-state index contributed by atoms with van der Waals surface area (Å²) in [5, 5.41) is 3.62. The Morgan fingerprint density at radius 3 is 2.59 bits per heavy atom. The zero-order chi connectivity index (χ0) is 12.3. The maximum Gasteiger partial charge on any atom is 0.123 e. The van der Waals surface area contributed by atoms with Gasteiger partial charge in [-0.05, 0) is 55.3 Å². The third-order valence-corrected chi connectivity index (χ3v) is 4.01. The van der Waals surface area contributed by atoms with E-state index in [1.54, 1.807) is 12.1 Å². The largest absolute Gasteiger partial charge is 0.314 e. The predicted octanol–water partition coefficient (Wildman–Crippen LogP) is 3.71. The number of rotatable bonds is 4. The van der Waals surface area contributed by atoms with Crippen molar-refractivity contribution in [3.63, 3.8) is 0 Å². The molecule has 1 aliphatic carbocycles. The number of benzene rings is 1. The third kappa shape index (κ3) is 2.86. The van der Waals surface area contributed by atoms with Crippen LogP contribution in [-0.2, 0) is 0 Å². The quantitative estimate of drug-likeness (QED) is 0.839.